The molecule has 35 heavy (non-hydrogen) atoms. The van der Waals surface area contributed by atoms with Gasteiger partial charge in [-0.1, -0.05) is 44.2 Å². The van der Waals surface area contributed by atoms with Gasteiger partial charge in [-0.15, -0.1) is 0 Å². The van der Waals surface area contributed by atoms with Crippen molar-refractivity contribution in [3.05, 3.63) is 84.7 Å². The number of nitrogens with zero attached hydrogens (tertiary/aromatic N) is 4. The van der Waals surface area contributed by atoms with E-state index in [-0.39, 0.29) is 36.3 Å². The topological polar surface area (TPSA) is 166 Å². The molecule has 184 valence electrons. The molecule has 0 unspecified atom stereocenters. The summed E-state index contributed by atoms with van der Waals surface area (Å²) in [7, 11) is 0. The number of rotatable bonds is 9. The maximum Gasteiger partial charge on any atom is 0.406 e. The molecule has 1 amide bonds. The maximum atomic E-state index is 13.2. The fourth-order valence-corrected chi connectivity index (χ4v) is 3.44. The molecule has 0 saturated heterocycles. The van der Waals surface area contributed by atoms with E-state index in [9.17, 15) is 24.5 Å². The number of nitro groups is 1. The van der Waals surface area contributed by atoms with Crippen molar-refractivity contribution < 1.29 is 14.5 Å². The normalized spacial score (nSPS) is 10.9. The molecule has 0 radical (unpaired) electrons. The Labute approximate surface area is 200 Å². The zero-order valence-corrected chi connectivity index (χ0v) is 19.6. The van der Waals surface area contributed by atoms with Gasteiger partial charge in [0.2, 0.25) is 5.75 Å². The Morgan fingerprint density at radius 3 is 2.54 bits per heavy atom. The highest BCUT2D eigenvalue weighted by Gasteiger charge is 2.27. The molecule has 0 bridgehead atoms. The van der Waals surface area contributed by atoms with E-state index in [2.05, 4.69) is 9.97 Å². The number of aromatic nitrogens is 3. The number of nitrogens with one attached hydrogen (secondary N) is 1. The van der Waals surface area contributed by atoms with E-state index in [1.807, 2.05) is 19.9 Å². The van der Waals surface area contributed by atoms with Gasteiger partial charge in [0, 0.05) is 13.5 Å². The monoisotopic (exact) mass is 482 g/mol. The second-order valence-electron chi connectivity index (χ2n) is 8.28. The van der Waals surface area contributed by atoms with Crippen LogP contribution in [0.5, 0.6) is 5.75 Å². The lowest BCUT2D eigenvalue weighted by Crippen LogP contribution is -2.44. The van der Waals surface area contributed by atoms with E-state index < -0.39 is 34.5 Å². The molecule has 12 heteroatoms. The first-order valence-electron chi connectivity index (χ1n) is 10.8. The minimum absolute atomic E-state index is 0.0801. The molecule has 3 rings (SSSR count). The Morgan fingerprint density at radius 2 is 1.91 bits per heavy atom. The predicted octanol–water partition coefficient (Wildman–Crippen LogP) is 1.85. The summed E-state index contributed by atoms with van der Waals surface area (Å²) in [6.07, 6.45) is 0. The average Bonchev–Trinajstić information content (AvgIpc) is 2.80. The van der Waals surface area contributed by atoms with Gasteiger partial charge in [0.1, 0.15) is 11.5 Å². The number of amides is 1. The number of ether oxygens (including phenoxy) is 1. The summed E-state index contributed by atoms with van der Waals surface area (Å²) in [6.45, 7) is 4.81. The van der Waals surface area contributed by atoms with E-state index in [1.165, 1.54) is 16.7 Å². The molecule has 0 aliphatic rings. The molecule has 0 spiro atoms. The Hall–Kier alpha value is -4.48. The molecule has 2 heterocycles. The van der Waals surface area contributed by atoms with Crippen LogP contribution in [0.3, 0.4) is 0 Å². The van der Waals surface area contributed by atoms with Crippen LogP contribution in [0.15, 0.2) is 52.1 Å². The number of aromatic amines is 1. The molecule has 0 atom stereocenters. The van der Waals surface area contributed by atoms with Crippen molar-refractivity contribution in [3.63, 3.8) is 0 Å². The molecule has 0 fully saturated rings. The van der Waals surface area contributed by atoms with Crippen LogP contribution >= 0.6 is 0 Å². The lowest BCUT2D eigenvalue weighted by atomic mass is 10.2. The van der Waals surface area contributed by atoms with Gasteiger partial charge in [-0.3, -0.25) is 19.1 Å². The van der Waals surface area contributed by atoms with Gasteiger partial charge >= 0.3 is 11.5 Å². The number of anilines is 2. The number of hydrogen-bond acceptors (Lipinski definition) is 8. The summed E-state index contributed by atoms with van der Waals surface area (Å²) in [5.41, 5.74) is 5.69. The van der Waals surface area contributed by atoms with Crippen molar-refractivity contribution in [2.24, 2.45) is 5.92 Å². The van der Waals surface area contributed by atoms with Crippen LogP contribution in [0, 0.1) is 23.0 Å². The van der Waals surface area contributed by atoms with E-state index in [4.69, 9.17) is 10.5 Å². The summed E-state index contributed by atoms with van der Waals surface area (Å²) in [5, 5.41) is 11.3. The quantitative estimate of drug-likeness (QED) is 0.344. The first kappa shape index (κ1) is 25.1. The Bertz CT molecular complexity index is 1350. The fourth-order valence-electron chi connectivity index (χ4n) is 3.44. The van der Waals surface area contributed by atoms with Gasteiger partial charge in [0.15, 0.2) is 12.3 Å². The van der Waals surface area contributed by atoms with Crippen molar-refractivity contribution in [2.75, 3.05) is 23.8 Å². The Balaban J connectivity index is 1.97. The van der Waals surface area contributed by atoms with Gasteiger partial charge in [0.05, 0.1) is 6.54 Å². The van der Waals surface area contributed by atoms with Crippen LogP contribution in [0.25, 0.3) is 0 Å². The molecular formula is C23H26N6O6. The lowest BCUT2D eigenvalue weighted by molar-refractivity contribution is -0.390. The molecule has 1 aromatic carbocycles. The Kier molecular flexibility index (Phi) is 7.64. The van der Waals surface area contributed by atoms with Crippen molar-refractivity contribution >= 4 is 23.2 Å². The van der Waals surface area contributed by atoms with E-state index >= 15 is 0 Å². The summed E-state index contributed by atoms with van der Waals surface area (Å²) in [6, 6.07) is 11.9. The number of carbonyl (C=O) groups excluding carboxylic acids is 1. The zero-order valence-electron chi connectivity index (χ0n) is 19.6. The third-order valence-electron chi connectivity index (χ3n) is 5.02. The number of nitrogen functional groups attached to an aromatic ring is 1. The predicted molar refractivity (Wildman–Crippen MR) is 130 cm³/mol. The van der Waals surface area contributed by atoms with E-state index in [1.54, 1.807) is 31.2 Å². The largest absolute Gasteiger partial charge is 0.476 e. The smallest absolute Gasteiger partial charge is 0.406 e. The standard InChI is InChI=1S/C23H26N6O6/c1-14(2)11-27(18(30)13-35-17-10-9-15(3)25-21(17)29(33)34)19-20(24)28(23(32)26-22(19)31)12-16-7-5-4-6-8-16/h4-10,14H,11-13,24H2,1-3H3,(H,26,31,32). The van der Waals surface area contributed by atoms with E-state index in [0.29, 0.717) is 5.69 Å². The van der Waals surface area contributed by atoms with Crippen molar-refractivity contribution in [1.82, 2.24) is 14.5 Å². The van der Waals surface area contributed by atoms with Crippen LogP contribution in [0.4, 0.5) is 17.3 Å². The summed E-state index contributed by atoms with van der Waals surface area (Å²) < 4.78 is 6.58. The number of H-pyrrole nitrogens is 1. The first-order valence-corrected chi connectivity index (χ1v) is 10.8. The number of carbonyl (C=O) groups is 1. The van der Waals surface area contributed by atoms with Gasteiger partial charge in [-0.05, 0) is 33.5 Å². The maximum absolute atomic E-state index is 13.2. The first-order chi connectivity index (χ1) is 16.6. The minimum Gasteiger partial charge on any atom is -0.476 e. The second-order valence-corrected chi connectivity index (χ2v) is 8.28. The van der Waals surface area contributed by atoms with Gasteiger partial charge in [0.25, 0.3) is 11.5 Å². The molecule has 3 N–H and O–H groups in total. The van der Waals surface area contributed by atoms with Crippen LogP contribution in [-0.4, -0.2) is 38.5 Å². The summed E-state index contributed by atoms with van der Waals surface area (Å²) >= 11 is 0. The molecular weight excluding hydrogens is 456 g/mol. The number of pyridine rings is 1. The van der Waals surface area contributed by atoms with Crippen LogP contribution in [-0.2, 0) is 11.3 Å². The van der Waals surface area contributed by atoms with Crippen LogP contribution < -0.4 is 26.6 Å². The number of nitrogens with two attached hydrogens (primary N) is 1. The third kappa shape index (κ3) is 5.91. The molecule has 12 nitrogen and oxygen atoms in total. The Morgan fingerprint density at radius 1 is 1.23 bits per heavy atom. The lowest BCUT2D eigenvalue weighted by Gasteiger charge is -2.26. The fraction of sp³-hybridized carbons (Fsp3) is 0.304. The van der Waals surface area contributed by atoms with E-state index in [0.717, 1.165) is 10.5 Å². The average molecular weight is 482 g/mol. The molecule has 0 saturated carbocycles. The van der Waals surface area contributed by atoms with Gasteiger partial charge in [-0.25, -0.2) is 4.79 Å². The van der Waals surface area contributed by atoms with Crippen LogP contribution in [0.2, 0.25) is 0 Å². The second kappa shape index (κ2) is 10.6. The molecule has 0 aliphatic carbocycles. The van der Waals surface area contributed by atoms with Crippen LogP contribution in [0.1, 0.15) is 25.1 Å². The minimum atomic E-state index is -0.825. The highest BCUT2D eigenvalue weighted by Crippen LogP contribution is 2.25. The number of hydrogen-bond donors (Lipinski definition) is 2. The zero-order chi connectivity index (χ0) is 25.7. The highest BCUT2D eigenvalue weighted by molar-refractivity contribution is 5.96. The van der Waals surface area contributed by atoms with Crippen molar-refractivity contribution in [2.45, 2.75) is 27.3 Å². The molecule has 2 aromatic heterocycles. The number of benzene rings is 1. The molecule has 0 aliphatic heterocycles. The molecule has 3 aromatic rings. The SMILES string of the molecule is Cc1ccc(OCC(=O)N(CC(C)C)c2c(N)n(Cc3ccccc3)c(=O)[nH]c2=O)c([N+](=O)[O-])n1. The van der Waals surface area contributed by atoms with Crippen molar-refractivity contribution in [3.8, 4) is 5.75 Å². The summed E-state index contributed by atoms with van der Waals surface area (Å²) in [4.78, 5) is 56.2. The highest BCUT2D eigenvalue weighted by atomic mass is 16.6. The third-order valence-corrected chi connectivity index (χ3v) is 5.02. The van der Waals surface area contributed by atoms with Crippen molar-refractivity contribution in [1.29, 1.82) is 0 Å². The number of aryl methyl sites for hydroxylation is 1. The summed E-state index contributed by atoms with van der Waals surface area (Å²) in [5.74, 6) is -1.64. The van der Waals surface area contributed by atoms with Gasteiger partial charge < -0.3 is 25.5 Å². The van der Waals surface area contributed by atoms with Gasteiger partial charge in [-0.2, -0.15) is 0 Å².